The average Bonchev–Trinajstić information content (AvgIpc) is 2.33. The molecule has 0 spiro atoms. The van der Waals surface area contributed by atoms with E-state index in [4.69, 9.17) is 40.5 Å². The van der Waals surface area contributed by atoms with Crippen molar-refractivity contribution in [2.75, 3.05) is 11.1 Å². The van der Waals surface area contributed by atoms with Gasteiger partial charge in [0, 0.05) is 10.7 Å². The molecule has 0 aliphatic heterocycles. The highest BCUT2D eigenvalue weighted by molar-refractivity contribution is 6.37. The molecule has 0 unspecified atom stereocenters. The van der Waals surface area contributed by atoms with Crippen LogP contribution in [0.15, 0.2) is 36.4 Å². The first kappa shape index (κ1) is 14.0. The molecule has 0 saturated heterocycles. The fourth-order valence-electron chi connectivity index (χ4n) is 1.50. The van der Waals surface area contributed by atoms with Crippen LogP contribution in [0.4, 0.5) is 11.4 Å². The van der Waals surface area contributed by atoms with Crippen LogP contribution in [0.1, 0.15) is 10.4 Å². The van der Waals surface area contributed by atoms with Crippen molar-refractivity contribution < 1.29 is 4.79 Å². The van der Waals surface area contributed by atoms with Crippen LogP contribution in [0.5, 0.6) is 0 Å². The number of amides is 1. The van der Waals surface area contributed by atoms with Crippen molar-refractivity contribution in [3.63, 3.8) is 0 Å². The number of carbonyl (C=O) groups excluding carboxylic acids is 1. The molecule has 0 aliphatic carbocycles. The molecule has 19 heavy (non-hydrogen) atoms. The van der Waals surface area contributed by atoms with E-state index in [1.165, 1.54) is 6.07 Å². The largest absolute Gasteiger partial charge is 0.399 e. The topological polar surface area (TPSA) is 55.1 Å². The van der Waals surface area contributed by atoms with Gasteiger partial charge in [-0.3, -0.25) is 4.79 Å². The van der Waals surface area contributed by atoms with Crippen LogP contribution in [0.2, 0.25) is 15.1 Å². The summed E-state index contributed by atoms with van der Waals surface area (Å²) in [6, 6.07) is 9.45. The van der Waals surface area contributed by atoms with Crippen molar-refractivity contribution in [1.82, 2.24) is 0 Å². The zero-order valence-corrected chi connectivity index (χ0v) is 11.9. The van der Waals surface area contributed by atoms with Crippen LogP contribution in [-0.4, -0.2) is 5.91 Å². The summed E-state index contributed by atoms with van der Waals surface area (Å²) in [4.78, 5) is 12.1. The first-order chi connectivity index (χ1) is 8.97. The zero-order chi connectivity index (χ0) is 14.0. The number of nitrogens with two attached hydrogens (primary N) is 1. The van der Waals surface area contributed by atoms with Gasteiger partial charge in [-0.25, -0.2) is 0 Å². The number of rotatable bonds is 2. The van der Waals surface area contributed by atoms with Gasteiger partial charge in [-0.1, -0.05) is 34.8 Å². The lowest BCUT2D eigenvalue weighted by Gasteiger charge is -2.09. The minimum Gasteiger partial charge on any atom is -0.399 e. The highest BCUT2D eigenvalue weighted by atomic mass is 35.5. The SMILES string of the molecule is Nc1ccc(Cl)c(NC(=O)c2ccc(Cl)cc2Cl)c1. The van der Waals surface area contributed by atoms with Gasteiger partial charge in [-0.2, -0.15) is 0 Å². The van der Waals surface area contributed by atoms with Gasteiger partial charge in [-0.15, -0.1) is 0 Å². The number of hydrogen-bond acceptors (Lipinski definition) is 2. The van der Waals surface area contributed by atoms with E-state index in [0.29, 0.717) is 27.0 Å². The summed E-state index contributed by atoms with van der Waals surface area (Å²) in [6.07, 6.45) is 0. The average molecular weight is 316 g/mol. The fraction of sp³-hybridized carbons (Fsp3) is 0. The summed E-state index contributed by atoms with van der Waals surface area (Å²) < 4.78 is 0. The second kappa shape index (κ2) is 5.70. The molecule has 0 radical (unpaired) electrons. The minimum atomic E-state index is -0.380. The summed E-state index contributed by atoms with van der Waals surface area (Å²) in [6.45, 7) is 0. The van der Waals surface area contributed by atoms with E-state index in [1.54, 1.807) is 30.3 Å². The van der Waals surface area contributed by atoms with Crippen LogP contribution < -0.4 is 11.1 Å². The Kier molecular flexibility index (Phi) is 4.20. The van der Waals surface area contributed by atoms with Gasteiger partial charge in [0.15, 0.2) is 0 Å². The van der Waals surface area contributed by atoms with Gasteiger partial charge >= 0.3 is 0 Å². The maximum Gasteiger partial charge on any atom is 0.257 e. The summed E-state index contributed by atoms with van der Waals surface area (Å²) >= 11 is 17.7. The molecule has 3 N–H and O–H groups in total. The Morgan fingerprint density at radius 1 is 1.00 bits per heavy atom. The molecular weight excluding hydrogens is 307 g/mol. The van der Waals surface area contributed by atoms with E-state index in [-0.39, 0.29) is 10.9 Å². The number of halogens is 3. The number of nitrogens with one attached hydrogen (secondary N) is 1. The number of anilines is 2. The summed E-state index contributed by atoms with van der Waals surface area (Å²) in [5.41, 5.74) is 6.88. The van der Waals surface area contributed by atoms with Crippen molar-refractivity contribution in [1.29, 1.82) is 0 Å². The van der Waals surface area contributed by atoms with E-state index in [1.807, 2.05) is 0 Å². The Labute approximate surface area is 125 Å². The van der Waals surface area contributed by atoms with Crippen LogP contribution in [0, 0.1) is 0 Å². The fourth-order valence-corrected chi connectivity index (χ4v) is 2.16. The highest BCUT2D eigenvalue weighted by Gasteiger charge is 2.12. The van der Waals surface area contributed by atoms with Crippen LogP contribution in [0.25, 0.3) is 0 Å². The summed E-state index contributed by atoms with van der Waals surface area (Å²) in [5.74, 6) is -0.380. The molecule has 0 aliphatic rings. The first-order valence-corrected chi connectivity index (χ1v) is 6.42. The normalized spacial score (nSPS) is 10.3. The number of hydrogen-bond donors (Lipinski definition) is 2. The standard InChI is InChI=1S/C13H9Cl3N2O/c14-7-1-3-9(11(16)5-7)13(19)18-12-6-8(17)2-4-10(12)15/h1-6H,17H2,(H,18,19). The van der Waals surface area contributed by atoms with Crippen LogP contribution >= 0.6 is 34.8 Å². The molecule has 3 nitrogen and oxygen atoms in total. The molecule has 0 bridgehead atoms. The third-order valence-electron chi connectivity index (χ3n) is 2.41. The molecule has 0 fully saturated rings. The van der Waals surface area contributed by atoms with Gasteiger partial charge in [0.05, 0.1) is 21.3 Å². The molecule has 0 atom stereocenters. The van der Waals surface area contributed by atoms with Gasteiger partial charge in [0.1, 0.15) is 0 Å². The van der Waals surface area contributed by atoms with Crippen molar-refractivity contribution in [3.05, 3.63) is 57.0 Å². The molecule has 2 rings (SSSR count). The van der Waals surface area contributed by atoms with E-state index < -0.39 is 0 Å². The maximum absolute atomic E-state index is 12.1. The van der Waals surface area contributed by atoms with Crippen molar-refractivity contribution in [2.45, 2.75) is 0 Å². The van der Waals surface area contributed by atoms with E-state index >= 15 is 0 Å². The maximum atomic E-state index is 12.1. The Balaban J connectivity index is 2.28. The zero-order valence-electron chi connectivity index (χ0n) is 9.58. The lowest BCUT2D eigenvalue weighted by atomic mass is 10.2. The second-order valence-corrected chi connectivity index (χ2v) is 5.07. The second-order valence-electron chi connectivity index (χ2n) is 3.82. The van der Waals surface area contributed by atoms with Crippen LogP contribution in [-0.2, 0) is 0 Å². The molecule has 98 valence electrons. The van der Waals surface area contributed by atoms with Crippen LogP contribution in [0.3, 0.4) is 0 Å². The third kappa shape index (κ3) is 3.32. The molecule has 0 heterocycles. The monoisotopic (exact) mass is 314 g/mol. The quantitative estimate of drug-likeness (QED) is 0.803. The smallest absolute Gasteiger partial charge is 0.257 e. The van der Waals surface area contributed by atoms with Gasteiger partial charge in [-0.05, 0) is 36.4 Å². The summed E-state index contributed by atoms with van der Waals surface area (Å²) in [7, 11) is 0. The Bertz CT molecular complexity index is 644. The summed E-state index contributed by atoms with van der Waals surface area (Å²) in [5, 5.41) is 3.78. The number of nitrogen functional groups attached to an aromatic ring is 1. The van der Waals surface area contributed by atoms with E-state index in [2.05, 4.69) is 5.32 Å². The molecular formula is C13H9Cl3N2O. The van der Waals surface area contributed by atoms with Gasteiger partial charge < -0.3 is 11.1 Å². The molecule has 0 aromatic heterocycles. The lowest BCUT2D eigenvalue weighted by Crippen LogP contribution is -2.13. The van der Waals surface area contributed by atoms with Crippen molar-refractivity contribution >= 4 is 52.1 Å². The molecule has 1 amide bonds. The molecule has 2 aromatic carbocycles. The molecule has 0 saturated carbocycles. The number of benzene rings is 2. The van der Waals surface area contributed by atoms with Crippen molar-refractivity contribution in [2.24, 2.45) is 0 Å². The van der Waals surface area contributed by atoms with E-state index in [9.17, 15) is 4.79 Å². The third-order valence-corrected chi connectivity index (χ3v) is 3.29. The number of carbonyl (C=O) groups is 1. The Morgan fingerprint density at radius 3 is 2.42 bits per heavy atom. The predicted molar refractivity (Wildman–Crippen MR) is 80.3 cm³/mol. The highest BCUT2D eigenvalue weighted by Crippen LogP contribution is 2.26. The van der Waals surface area contributed by atoms with Crippen molar-refractivity contribution in [3.8, 4) is 0 Å². The first-order valence-electron chi connectivity index (χ1n) is 5.29. The molecule has 6 heteroatoms. The Hall–Kier alpha value is -1.42. The Morgan fingerprint density at radius 2 is 1.74 bits per heavy atom. The van der Waals surface area contributed by atoms with E-state index in [0.717, 1.165) is 0 Å². The predicted octanol–water partition coefficient (Wildman–Crippen LogP) is 4.48. The lowest BCUT2D eigenvalue weighted by molar-refractivity contribution is 0.102. The minimum absolute atomic E-state index is 0.269. The molecule has 2 aromatic rings. The van der Waals surface area contributed by atoms with Gasteiger partial charge in [0.2, 0.25) is 0 Å². The van der Waals surface area contributed by atoms with Gasteiger partial charge in [0.25, 0.3) is 5.91 Å².